The summed E-state index contributed by atoms with van der Waals surface area (Å²) in [7, 11) is 0. The van der Waals surface area contributed by atoms with Crippen LogP contribution in [-0.4, -0.2) is 36.1 Å². The summed E-state index contributed by atoms with van der Waals surface area (Å²) in [5.74, 6) is 0.865. The van der Waals surface area contributed by atoms with Gasteiger partial charge in [-0.2, -0.15) is 0 Å². The third kappa shape index (κ3) is 2.15. The summed E-state index contributed by atoms with van der Waals surface area (Å²) in [5, 5.41) is 4.82. The number of piperazine rings is 1. The molecule has 0 unspecified atom stereocenters. The van der Waals surface area contributed by atoms with Gasteiger partial charge < -0.3 is 10.3 Å². The van der Waals surface area contributed by atoms with E-state index in [0.717, 1.165) is 19.0 Å². The van der Waals surface area contributed by atoms with E-state index in [1.165, 1.54) is 48.8 Å². The fourth-order valence-corrected chi connectivity index (χ4v) is 3.75. The summed E-state index contributed by atoms with van der Waals surface area (Å²) in [6.45, 7) is 4.64. The maximum Gasteiger partial charge on any atom is 0.0454 e. The SMILES string of the molecule is c1cc2cc([C@@H](C3CCC3)N3CCNCC3)ccc2[nH]1. The molecule has 2 aliphatic rings. The molecule has 1 aliphatic heterocycles. The maximum atomic E-state index is 3.47. The van der Waals surface area contributed by atoms with Gasteiger partial charge in [0.25, 0.3) is 0 Å². The molecule has 1 aliphatic carbocycles. The zero-order chi connectivity index (χ0) is 13.4. The monoisotopic (exact) mass is 269 g/mol. The minimum atomic E-state index is 0.630. The fraction of sp³-hybridized carbons (Fsp3) is 0.529. The van der Waals surface area contributed by atoms with Crippen LogP contribution in [0.5, 0.6) is 0 Å². The molecule has 0 radical (unpaired) electrons. The molecule has 4 rings (SSSR count). The van der Waals surface area contributed by atoms with E-state index in [9.17, 15) is 0 Å². The number of hydrogen-bond donors (Lipinski definition) is 2. The average molecular weight is 269 g/mol. The van der Waals surface area contributed by atoms with Crippen LogP contribution >= 0.6 is 0 Å². The van der Waals surface area contributed by atoms with E-state index in [-0.39, 0.29) is 0 Å². The van der Waals surface area contributed by atoms with Gasteiger partial charge in [0.05, 0.1) is 0 Å². The molecule has 2 N–H and O–H groups in total. The van der Waals surface area contributed by atoms with Crippen LogP contribution in [0.1, 0.15) is 30.9 Å². The topological polar surface area (TPSA) is 31.1 Å². The summed E-state index contributed by atoms with van der Waals surface area (Å²) < 4.78 is 0. The van der Waals surface area contributed by atoms with Crippen LogP contribution in [-0.2, 0) is 0 Å². The van der Waals surface area contributed by atoms with Crippen LogP contribution in [0.2, 0.25) is 0 Å². The number of rotatable bonds is 3. The minimum absolute atomic E-state index is 0.630. The Morgan fingerprint density at radius 3 is 2.70 bits per heavy atom. The molecule has 1 atom stereocenters. The van der Waals surface area contributed by atoms with Crippen molar-refractivity contribution in [2.45, 2.75) is 25.3 Å². The lowest BCUT2D eigenvalue weighted by Gasteiger charge is -2.43. The Bertz CT molecular complexity index is 579. The van der Waals surface area contributed by atoms with Gasteiger partial charge in [-0.05, 0) is 47.9 Å². The van der Waals surface area contributed by atoms with Crippen LogP contribution in [0.4, 0.5) is 0 Å². The fourth-order valence-electron chi connectivity index (χ4n) is 3.75. The van der Waals surface area contributed by atoms with E-state index >= 15 is 0 Å². The van der Waals surface area contributed by atoms with Crippen LogP contribution in [0.25, 0.3) is 10.9 Å². The van der Waals surface area contributed by atoms with Gasteiger partial charge in [-0.3, -0.25) is 4.90 Å². The Labute approximate surface area is 120 Å². The Morgan fingerprint density at radius 1 is 1.10 bits per heavy atom. The first-order chi connectivity index (χ1) is 9.92. The second kappa shape index (κ2) is 5.23. The van der Waals surface area contributed by atoms with Crippen molar-refractivity contribution in [2.75, 3.05) is 26.2 Å². The van der Waals surface area contributed by atoms with Gasteiger partial charge in [0, 0.05) is 43.9 Å². The van der Waals surface area contributed by atoms with Gasteiger partial charge in [0.1, 0.15) is 0 Å². The molecular weight excluding hydrogens is 246 g/mol. The van der Waals surface area contributed by atoms with E-state index in [0.29, 0.717) is 6.04 Å². The van der Waals surface area contributed by atoms with E-state index in [1.54, 1.807) is 0 Å². The zero-order valence-corrected chi connectivity index (χ0v) is 11.9. The first-order valence-electron chi connectivity index (χ1n) is 7.93. The molecule has 0 spiro atoms. The quantitative estimate of drug-likeness (QED) is 0.897. The summed E-state index contributed by atoms with van der Waals surface area (Å²) >= 11 is 0. The van der Waals surface area contributed by atoms with Gasteiger partial charge in [-0.1, -0.05) is 12.5 Å². The van der Waals surface area contributed by atoms with Crippen molar-refractivity contribution in [2.24, 2.45) is 5.92 Å². The van der Waals surface area contributed by atoms with Crippen LogP contribution in [0.3, 0.4) is 0 Å². The van der Waals surface area contributed by atoms with Crippen molar-refractivity contribution >= 4 is 10.9 Å². The highest BCUT2D eigenvalue weighted by Crippen LogP contribution is 2.42. The molecule has 106 valence electrons. The van der Waals surface area contributed by atoms with Crippen molar-refractivity contribution in [1.29, 1.82) is 0 Å². The third-order valence-electron chi connectivity index (χ3n) is 5.06. The molecule has 1 aromatic carbocycles. The van der Waals surface area contributed by atoms with Crippen LogP contribution < -0.4 is 5.32 Å². The largest absolute Gasteiger partial charge is 0.361 e. The van der Waals surface area contributed by atoms with Gasteiger partial charge in [0.15, 0.2) is 0 Å². The van der Waals surface area contributed by atoms with Crippen molar-refractivity contribution in [3.63, 3.8) is 0 Å². The smallest absolute Gasteiger partial charge is 0.0454 e. The molecule has 2 aromatic rings. The number of hydrogen-bond acceptors (Lipinski definition) is 2. The lowest BCUT2D eigenvalue weighted by atomic mass is 9.76. The molecule has 20 heavy (non-hydrogen) atoms. The predicted molar refractivity (Wildman–Crippen MR) is 82.8 cm³/mol. The summed E-state index contributed by atoms with van der Waals surface area (Å²) in [6.07, 6.45) is 6.26. The first-order valence-corrected chi connectivity index (χ1v) is 7.93. The molecule has 3 heteroatoms. The standard InChI is InChI=1S/C17H23N3/c1-2-13(3-1)17(20-10-8-18-9-11-20)15-4-5-16-14(12-15)6-7-19-16/h4-7,12-13,17-19H,1-3,8-11H2/t17-/m1/s1. The molecule has 1 saturated carbocycles. The summed E-state index contributed by atoms with van der Waals surface area (Å²) in [4.78, 5) is 6.00. The highest BCUT2D eigenvalue weighted by atomic mass is 15.2. The highest BCUT2D eigenvalue weighted by molar-refractivity contribution is 5.80. The molecule has 1 aromatic heterocycles. The lowest BCUT2D eigenvalue weighted by molar-refractivity contribution is 0.0838. The number of fused-ring (bicyclic) bond motifs is 1. The van der Waals surface area contributed by atoms with Crippen molar-refractivity contribution in [3.8, 4) is 0 Å². The van der Waals surface area contributed by atoms with Crippen molar-refractivity contribution in [1.82, 2.24) is 15.2 Å². The number of nitrogens with one attached hydrogen (secondary N) is 2. The Morgan fingerprint density at radius 2 is 1.95 bits per heavy atom. The molecule has 2 heterocycles. The summed E-state index contributed by atoms with van der Waals surface area (Å²) in [5.41, 5.74) is 2.77. The van der Waals surface area contributed by atoms with E-state index in [4.69, 9.17) is 0 Å². The Balaban J connectivity index is 1.68. The molecule has 1 saturated heterocycles. The Kier molecular flexibility index (Phi) is 3.25. The maximum absolute atomic E-state index is 3.47. The molecule has 3 nitrogen and oxygen atoms in total. The molecule has 2 fully saturated rings. The predicted octanol–water partition coefficient (Wildman–Crippen LogP) is 2.91. The van der Waals surface area contributed by atoms with Crippen molar-refractivity contribution in [3.05, 3.63) is 36.0 Å². The highest BCUT2D eigenvalue weighted by Gasteiger charge is 2.33. The third-order valence-corrected chi connectivity index (χ3v) is 5.06. The first kappa shape index (κ1) is 12.4. The van der Waals surface area contributed by atoms with Crippen LogP contribution in [0.15, 0.2) is 30.5 Å². The lowest BCUT2D eigenvalue weighted by Crippen LogP contribution is -2.47. The number of aromatic nitrogens is 1. The van der Waals surface area contributed by atoms with E-state index < -0.39 is 0 Å². The summed E-state index contributed by atoms with van der Waals surface area (Å²) in [6, 6.07) is 9.80. The number of aromatic amines is 1. The minimum Gasteiger partial charge on any atom is -0.361 e. The van der Waals surface area contributed by atoms with Gasteiger partial charge >= 0.3 is 0 Å². The second-order valence-corrected chi connectivity index (χ2v) is 6.25. The van der Waals surface area contributed by atoms with Crippen LogP contribution in [0, 0.1) is 5.92 Å². The number of benzene rings is 1. The van der Waals surface area contributed by atoms with Crippen molar-refractivity contribution < 1.29 is 0 Å². The van der Waals surface area contributed by atoms with E-state index in [1.807, 2.05) is 6.20 Å². The van der Waals surface area contributed by atoms with E-state index in [2.05, 4.69) is 39.5 Å². The average Bonchev–Trinajstić information content (AvgIpc) is 2.91. The number of H-pyrrole nitrogens is 1. The zero-order valence-electron chi connectivity index (χ0n) is 11.9. The molecular formula is C17H23N3. The number of nitrogens with zero attached hydrogens (tertiary/aromatic N) is 1. The molecule has 0 bridgehead atoms. The van der Waals surface area contributed by atoms with Gasteiger partial charge in [-0.25, -0.2) is 0 Å². The normalized spacial score (nSPS) is 22.8. The Hall–Kier alpha value is -1.32. The van der Waals surface area contributed by atoms with Gasteiger partial charge in [-0.15, -0.1) is 0 Å². The molecule has 0 amide bonds. The van der Waals surface area contributed by atoms with Gasteiger partial charge in [0.2, 0.25) is 0 Å². The second-order valence-electron chi connectivity index (χ2n) is 6.25.